The van der Waals surface area contributed by atoms with Crippen molar-refractivity contribution in [3.05, 3.63) is 89.5 Å². The second-order valence-electron chi connectivity index (χ2n) is 10.9. The summed E-state index contributed by atoms with van der Waals surface area (Å²) in [6, 6.07) is 21.7. The van der Waals surface area contributed by atoms with Crippen LogP contribution in [0.1, 0.15) is 36.5 Å². The Morgan fingerprint density at radius 3 is 2.42 bits per heavy atom. The highest BCUT2D eigenvalue weighted by molar-refractivity contribution is 8.15. The number of ether oxygens (including phenoxy) is 1. The van der Waals surface area contributed by atoms with Crippen molar-refractivity contribution in [2.75, 3.05) is 17.2 Å². The Morgan fingerprint density at radius 2 is 1.76 bits per heavy atom. The normalized spacial score (nSPS) is 14.4. The third-order valence-corrected chi connectivity index (χ3v) is 8.37. The molecule has 1 saturated heterocycles. The lowest BCUT2D eigenvalue weighted by Crippen LogP contribution is -2.32. The minimum absolute atomic E-state index is 0.0110. The standard InChI is InChI=1S/C33H32F3N5O2S2/c1-20(2)26-14-5-21(3)17-29(26)41-30(42)19-45-32(41)38-31(44)37-16-15-22-6-8-24(9-7-22)28-18-27(39-40(28)4)23-10-12-25(13-11-23)43-33(34,35)36/h5-14,17-18,20H,15-16,19H2,1-4H3,(H,37,44). The van der Waals surface area contributed by atoms with Crippen LogP contribution in [0.4, 0.5) is 18.9 Å². The Kier molecular flexibility index (Phi) is 9.64. The molecule has 1 amide bonds. The molecule has 1 aromatic heterocycles. The maximum absolute atomic E-state index is 12.8. The number of hydrogen-bond donors (Lipinski definition) is 1. The molecule has 1 fully saturated rings. The number of rotatable bonds is 8. The molecule has 4 aromatic rings. The van der Waals surface area contributed by atoms with Gasteiger partial charge in [-0.25, -0.2) is 0 Å². The minimum atomic E-state index is -4.74. The monoisotopic (exact) mass is 651 g/mol. The topological polar surface area (TPSA) is 71.8 Å². The summed E-state index contributed by atoms with van der Waals surface area (Å²) >= 11 is 6.90. The van der Waals surface area contributed by atoms with Crippen LogP contribution >= 0.6 is 24.0 Å². The number of amidine groups is 1. The molecular weight excluding hydrogens is 620 g/mol. The van der Waals surface area contributed by atoms with E-state index in [1.165, 1.54) is 23.9 Å². The fraction of sp³-hybridized carbons (Fsp3) is 0.273. The Morgan fingerprint density at radius 1 is 1.07 bits per heavy atom. The van der Waals surface area contributed by atoms with Gasteiger partial charge in [0.15, 0.2) is 10.3 Å². The number of aliphatic imine (C=N–C) groups is 1. The first-order chi connectivity index (χ1) is 21.4. The molecule has 12 heteroatoms. The predicted molar refractivity (Wildman–Crippen MR) is 178 cm³/mol. The second-order valence-corrected chi connectivity index (χ2v) is 12.2. The molecule has 0 unspecified atom stereocenters. The maximum atomic E-state index is 12.8. The largest absolute Gasteiger partial charge is 0.573 e. The van der Waals surface area contributed by atoms with Crippen LogP contribution in [-0.2, 0) is 18.3 Å². The molecule has 7 nitrogen and oxygen atoms in total. The molecule has 1 aliphatic rings. The van der Waals surface area contributed by atoms with Gasteiger partial charge in [0.05, 0.1) is 22.8 Å². The highest BCUT2D eigenvalue weighted by atomic mass is 32.2. The van der Waals surface area contributed by atoms with E-state index in [0.717, 1.165) is 33.6 Å². The third kappa shape index (κ3) is 7.93. The highest BCUT2D eigenvalue weighted by Gasteiger charge is 2.32. The van der Waals surface area contributed by atoms with Crippen molar-refractivity contribution in [2.45, 2.75) is 39.5 Å². The Labute approximate surface area is 269 Å². The molecule has 0 aliphatic carbocycles. The number of thioether (sulfide) groups is 1. The van der Waals surface area contributed by atoms with E-state index in [1.807, 2.05) is 50.4 Å². The van der Waals surface area contributed by atoms with E-state index in [0.29, 0.717) is 40.3 Å². The molecule has 2 heterocycles. The molecule has 0 radical (unpaired) electrons. The summed E-state index contributed by atoms with van der Waals surface area (Å²) in [6.07, 6.45) is -4.03. The smallest absolute Gasteiger partial charge is 0.406 e. The van der Waals surface area contributed by atoms with Gasteiger partial charge >= 0.3 is 6.36 Å². The zero-order valence-corrected chi connectivity index (χ0v) is 26.8. The number of alkyl halides is 3. The summed E-state index contributed by atoms with van der Waals surface area (Å²) in [5.74, 6) is 0.278. The predicted octanol–water partition coefficient (Wildman–Crippen LogP) is 7.64. The Hall–Kier alpha value is -4.16. The van der Waals surface area contributed by atoms with Crippen LogP contribution in [0.5, 0.6) is 5.75 Å². The quantitative estimate of drug-likeness (QED) is 0.198. The maximum Gasteiger partial charge on any atom is 0.573 e. The van der Waals surface area contributed by atoms with Gasteiger partial charge in [-0.2, -0.15) is 10.1 Å². The lowest BCUT2D eigenvalue weighted by molar-refractivity contribution is -0.274. The summed E-state index contributed by atoms with van der Waals surface area (Å²) in [4.78, 5) is 19.1. The fourth-order valence-corrected chi connectivity index (χ4v) is 6.12. The molecule has 0 spiro atoms. The van der Waals surface area contributed by atoms with Crippen molar-refractivity contribution < 1.29 is 22.7 Å². The lowest BCUT2D eigenvalue weighted by Gasteiger charge is -2.22. The van der Waals surface area contributed by atoms with E-state index in [1.54, 1.807) is 21.7 Å². The fourth-order valence-electron chi connectivity index (χ4n) is 5.01. The molecule has 45 heavy (non-hydrogen) atoms. The number of nitrogens with one attached hydrogen (secondary N) is 1. The average molecular weight is 652 g/mol. The zero-order chi connectivity index (χ0) is 32.3. The average Bonchev–Trinajstić information content (AvgIpc) is 3.54. The summed E-state index contributed by atoms with van der Waals surface area (Å²) in [5, 5.41) is 8.63. The first-order valence-corrected chi connectivity index (χ1v) is 15.7. The van der Waals surface area contributed by atoms with Crippen molar-refractivity contribution in [1.29, 1.82) is 0 Å². The van der Waals surface area contributed by atoms with Crippen molar-refractivity contribution in [1.82, 2.24) is 15.1 Å². The van der Waals surface area contributed by atoms with Gasteiger partial charge in [0.25, 0.3) is 0 Å². The number of hydrogen-bond acceptors (Lipinski definition) is 5. The number of anilines is 1. The first-order valence-electron chi connectivity index (χ1n) is 14.3. The van der Waals surface area contributed by atoms with E-state index in [4.69, 9.17) is 12.2 Å². The van der Waals surface area contributed by atoms with Gasteiger partial charge < -0.3 is 10.1 Å². The number of halogens is 3. The number of amides is 1. The van der Waals surface area contributed by atoms with Crippen molar-refractivity contribution in [3.8, 4) is 28.3 Å². The minimum Gasteiger partial charge on any atom is -0.406 e. The van der Waals surface area contributed by atoms with Crippen LogP contribution in [-0.4, -0.2) is 44.6 Å². The Bertz CT molecular complexity index is 1730. The summed E-state index contributed by atoms with van der Waals surface area (Å²) in [5.41, 5.74) is 7.24. The number of carbonyl (C=O) groups excluding carboxylic acids is 1. The second kappa shape index (κ2) is 13.5. The van der Waals surface area contributed by atoms with Gasteiger partial charge in [0.2, 0.25) is 5.91 Å². The molecule has 1 aliphatic heterocycles. The van der Waals surface area contributed by atoms with Crippen LogP contribution in [0.2, 0.25) is 0 Å². The van der Waals surface area contributed by atoms with E-state index >= 15 is 0 Å². The Balaban J connectivity index is 1.20. The molecule has 5 rings (SSSR count). The van der Waals surface area contributed by atoms with Crippen molar-refractivity contribution in [3.63, 3.8) is 0 Å². The highest BCUT2D eigenvalue weighted by Crippen LogP contribution is 2.34. The molecule has 0 bridgehead atoms. The summed E-state index contributed by atoms with van der Waals surface area (Å²) in [6.45, 7) is 6.79. The zero-order valence-electron chi connectivity index (χ0n) is 25.2. The van der Waals surface area contributed by atoms with Gasteiger partial charge in [0.1, 0.15) is 5.75 Å². The van der Waals surface area contributed by atoms with E-state index in [9.17, 15) is 18.0 Å². The molecule has 0 saturated carbocycles. The molecule has 1 N–H and O–H groups in total. The van der Waals surface area contributed by atoms with Crippen LogP contribution in [0.25, 0.3) is 22.5 Å². The van der Waals surface area contributed by atoms with Crippen LogP contribution < -0.4 is 15.0 Å². The molecule has 3 aromatic carbocycles. The number of nitrogens with zero attached hydrogens (tertiary/aromatic N) is 4. The number of aromatic nitrogens is 2. The van der Waals surface area contributed by atoms with Gasteiger partial charge in [-0.05, 0) is 90.1 Å². The van der Waals surface area contributed by atoms with E-state index in [2.05, 4.69) is 46.1 Å². The van der Waals surface area contributed by atoms with Gasteiger partial charge in [-0.15, -0.1) is 13.2 Å². The SMILES string of the molecule is Cc1ccc(C(C)C)c(N2C(=O)CSC2=NC(=S)NCCc2ccc(-c3cc(-c4ccc(OC(F)(F)F)cc4)nn3C)cc2)c1. The van der Waals surface area contributed by atoms with Gasteiger partial charge in [-0.1, -0.05) is 62.0 Å². The molecule has 0 atom stereocenters. The van der Waals surface area contributed by atoms with Crippen LogP contribution in [0, 0.1) is 6.92 Å². The van der Waals surface area contributed by atoms with Crippen LogP contribution in [0.3, 0.4) is 0 Å². The van der Waals surface area contributed by atoms with E-state index in [-0.39, 0.29) is 17.6 Å². The number of aryl methyl sites for hydroxylation is 2. The van der Waals surface area contributed by atoms with Gasteiger partial charge in [-0.3, -0.25) is 14.4 Å². The first kappa shape index (κ1) is 32.2. The summed E-state index contributed by atoms with van der Waals surface area (Å²) in [7, 11) is 1.82. The lowest BCUT2D eigenvalue weighted by atomic mass is 9.99. The van der Waals surface area contributed by atoms with Gasteiger partial charge in [0, 0.05) is 19.2 Å². The van der Waals surface area contributed by atoms with Crippen LogP contribution in [0.15, 0.2) is 77.8 Å². The van der Waals surface area contributed by atoms with Crippen molar-refractivity contribution in [2.24, 2.45) is 12.0 Å². The number of benzene rings is 3. The number of carbonyl (C=O) groups is 1. The summed E-state index contributed by atoms with van der Waals surface area (Å²) < 4.78 is 43.1. The molecule has 234 valence electrons. The molecular formula is C33H32F3N5O2S2. The number of thiocarbonyl (C=S) groups is 1. The van der Waals surface area contributed by atoms with E-state index < -0.39 is 6.36 Å². The third-order valence-electron chi connectivity index (χ3n) is 7.21. The van der Waals surface area contributed by atoms with Crippen molar-refractivity contribution >= 4 is 45.9 Å².